The summed E-state index contributed by atoms with van der Waals surface area (Å²) in [5.41, 5.74) is 21.5. The maximum atomic E-state index is 5.90. The highest BCUT2D eigenvalue weighted by Crippen LogP contribution is 2.44. The van der Waals surface area contributed by atoms with Gasteiger partial charge in [-0.2, -0.15) is 0 Å². The Hall–Kier alpha value is -6.87. The second kappa shape index (κ2) is 20.0. The molecule has 0 radical (unpaired) electrons. The van der Waals surface area contributed by atoms with E-state index in [2.05, 4.69) is 298 Å². The third-order valence-corrected chi connectivity index (χ3v) is 18.4. The standard InChI is InChI=1S/C74H83N4P/c1-69(2,3)49-37-46(38-50(43-49)70(4,5)6)65-57-29-31-59(75-57)66(47-39-51(71(7,8)9)44-52(40-47)72(10,11)12)61-33-35-63(77-61)68(79(55-25-21-19-22-26-55)56-27-23-20-24-28-56)64-36-34-62(78-64)67(60-32-30-58(65)76-60)48-41-53(73(13,14)15)45-54(42-48)74(16,17)18/h19-45,75,78H,1-18H3. The number of fused-ring (bicyclic) bond motifs is 8. The lowest BCUT2D eigenvalue weighted by atomic mass is 9.78. The molecule has 0 aliphatic carbocycles. The zero-order valence-electron chi connectivity index (χ0n) is 50.4. The maximum absolute atomic E-state index is 5.90. The normalized spacial score (nSPS) is 13.5. The van der Waals surface area contributed by atoms with Crippen LogP contribution in [0.4, 0.5) is 0 Å². The fraction of sp³-hybridized carbons (Fsp3) is 0.324. The van der Waals surface area contributed by atoms with Gasteiger partial charge in [-0.15, -0.1) is 0 Å². The van der Waals surface area contributed by atoms with Crippen molar-refractivity contribution in [2.75, 3.05) is 0 Å². The van der Waals surface area contributed by atoms with Crippen LogP contribution in [0.3, 0.4) is 0 Å². The molecule has 8 aromatic rings. The lowest BCUT2D eigenvalue weighted by Gasteiger charge is -2.26. The molecule has 2 aliphatic heterocycles. The van der Waals surface area contributed by atoms with Crippen molar-refractivity contribution in [3.05, 3.63) is 196 Å². The van der Waals surface area contributed by atoms with E-state index in [0.717, 1.165) is 78.2 Å². The van der Waals surface area contributed by atoms with Gasteiger partial charge < -0.3 is 9.97 Å². The number of H-pyrrole nitrogens is 2. The summed E-state index contributed by atoms with van der Waals surface area (Å²) in [4.78, 5) is 20.1. The Kier molecular flexibility index (Phi) is 14.1. The quantitative estimate of drug-likeness (QED) is 0.163. The number of hydrogen-bond donors (Lipinski definition) is 2. The van der Waals surface area contributed by atoms with Crippen molar-refractivity contribution in [1.82, 2.24) is 19.9 Å². The van der Waals surface area contributed by atoms with Crippen molar-refractivity contribution in [3.63, 3.8) is 0 Å². The molecule has 0 spiro atoms. The maximum Gasteiger partial charge on any atom is 0.0742 e. The Labute approximate surface area is 473 Å². The molecule has 4 nitrogen and oxygen atoms in total. The van der Waals surface area contributed by atoms with Gasteiger partial charge in [-0.1, -0.05) is 240 Å². The number of aromatic nitrogens is 4. The van der Waals surface area contributed by atoms with E-state index in [1.807, 2.05) is 0 Å². The number of benzene rings is 5. The van der Waals surface area contributed by atoms with Crippen LogP contribution in [-0.2, 0) is 32.5 Å². The zero-order valence-corrected chi connectivity index (χ0v) is 51.3. The zero-order chi connectivity index (χ0) is 56.8. The number of nitrogens with one attached hydrogen (secondary N) is 2. The first-order valence-corrected chi connectivity index (χ1v) is 29.8. The Balaban J connectivity index is 1.45. The summed E-state index contributed by atoms with van der Waals surface area (Å²) in [6.45, 7) is 41.8. The van der Waals surface area contributed by atoms with E-state index in [4.69, 9.17) is 9.97 Å². The van der Waals surface area contributed by atoms with E-state index in [0.29, 0.717) is 0 Å². The van der Waals surface area contributed by atoms with Gasteiger partial charge in [0.05, 0.1) is 22.8 Å². The minimum Gasteiger partial charge on any atom is -0.354 e. The SMILES string of the molecule is CC(C)(C)c1cc(-c2c3nc(c(-c4cc(C(C)(C)C)cc(C(C)(C)C)c4)c4ccc([nH]4)c(P(c4ccccc4)c4ccccc4)c4nc(c(-c5cc(C(C)(C)C)cc(C(C)(C)C)c5)c5ccc2[nH]5)C=C4)C=C3)cc(C(C)(C)C)c1. The third-order valence-electron chi connectivity index (χ3n) is 15.8. The molecule has 5 heterocycles. The highest BCUT2D eigenvalue weighted by molar-refractivity contribution is 7.80. The van der Waals surface area contributed by atoms with Crippen molar-refractivity contribution in [2.24, 2.45) is 0 Å². The molecule has 5 heteroatoms. The summed E-state index contributed by atoms with van der Waals surface area (Å²) in [7, 11) is -1.13. The van der Waals surface area contributed by atoms with E-state index < -0.39 is 7.92 Å². The number of aromatic amines is 2. The topological polar surface area (TPSA) is 57.4 Å². The van der Waals surface area contributed by atoms with Crippen molar-refractivity contribution in [2.45, 2.75) is 157 Å². The summed E-state index contributed by atoms with van der Waals surface area (Å²) in [6.07, 6.45) is 9.04. The summed E-state index contributed by atoms with van der Waals surface area (Å²) in [6, 6.07) is 53.0. The molecule has 0 amide bonds. The van der Waals surface area contributed by atoms with Gasteiger partial charge in [-0.25, -0.2) is 9.97 Å². The molecule has 0 saturated carbocycles. The summed E-state index contributed by atoms with van der Waals surface area (Å²) in [5, 5.41) is 3.68. The van der Waals surface area contributed by atoms with Crippen LogP contribution in [0.15, 0.2) is 140 Å². The molecule has 0 unspecified atom stereocenters. The second-order valence-electron chi connectivity index (χ2n) is 28.4. The molecule has 0 saturated heterocycles. The van der Waals surface area contributed by atoms with E-state index >= 15 is 0 Å². The van der Waals surface area contributed by atoms with E-state index in [1.54, 1.807) is 0 Å². The van der Waals surface area contributed by atoms with Gasteiger partial charge in [-0.3, -0.25) is 0 Å². The largest absolute Gasteiger partial charge is 0.354 e. The van der Waals surface area contributed by atoms with Gasteiger partial charge in [0, 0.05) is 44.1 Å². The predicted molar refractivity (Wildman–Crippen MR) is 346 cm³/mol. The Morgan fingerprint density at radius 1 is 0.291 bits per heavy atom. The van der Waals surface area contributed by atoms with Crippen LogP contribution in [0.1, 0.15) is 181 Å². The second-order valence-corrected chi connectivity index (χ2v) is 30.5. The highest BCUT2D eigenvalue weighted by atomic mass is 31.1. The molecule has 2 N–H and O–H groups in total. The number of hydrogen-bond acceptors (Lipinski definition) is 2. The van der Waals surface area contributed by atoms with Gasteiger partial charge in [0.1, 0.15) is 0 Å². The van der Waals surface area contributed by atoms with E-state index in [1.165, 1.54) is 49.3 Å². The predicted octanol–water partition coefficient (Wildman–Crippen LogP) is 19.2. The molecular weight excluding hydrogens is 976 g/mol. The van der Waals surface area contributed by atoms with E-state index in [9.17, 15) is 0 Å². The van der Waals surface area contributed by atoms with Crippen LogP contribution in [0, 0.1) is 0 Å². The molecule has 10 rings (SSSR count). The molecule has 5 aromatic carbocycles. The summed E-state index contributed by atoms with van der Waals surface area (Å²) in [5.74, 6) is 0. The smallest absolute Gasteiger partial charge is 0.0742 e. The van der Waals surface area contributed by atoms with Crippen molar-refractivity contribution in [1.29, 1.82) is 0 Å². The first-order chi connectivity index (χ1) is 36.9. The fourth-order valence-electron chi connectivity index (χ4n) is 10.8. The van der Waals surface area contributed by atoms with Crippen LogP contribution in [-0.4, -0.2) is 19.9 Å². The highest BCUT2D eigenvalue weighted by Gasteiger charge is 2.29. The third kappa shape index (κ3) is 11.3. The van der Waals surface area contributed by atoms with Crippen LogP contribution in [0.5, 0.6) is 0 Å². The van der Waals surface area contributed by atoms with Gasteiger partial charge in [0.15, 0.2) is 0 Å². The van der Waals surface area contributed by atoms with Gasteiger partial charge in [0.25, 0.3) is 0 Å². The Morgan fingerprint density at radius 3 is 0.835 bits per heavy atom. The molecular formula is C74H83N4P. The average molecular weight is 1060 g/mol. The summed E-state index contributed by atoms with van der Waals surface area (Å²) >= 11 is 0. The monoisotopic (exact) mass is 1060 g/mol. The molecule has 8 bridgehead atoms. The van der Waals surface area contributed by atoms with Gasteiger partial charge in [0.2, 0.25) is 0 Å². The minimum absolute atomic E-state index is 0.0995. The van der Waals surface area contributed by atoms with E-state index in [-0.39, 0.29) is 32.5 Å². The van der Waals surface area contributed by atoms with Crippen LogP contribution < -0.4 is 15.9 Å². The lowest BCUT2D eigenvalue weighted by Crippen LogP contribution is -2.23. The van der Waals surface area contributed by atoms with Crippen molar-refractivity contribution >= 4 is 70.2 Å². The number of nitrogens with zero attached hydrogens (tertiary/aromatic N) is 2. The Morgan fingerprint density at radius 2 is 0.544 bits per heavy atom. The van der Waals surface area contributed by atoms with Crippen molar-refractivity contribution in [3.8, 4) is 33.4 Å². The summed E-state index contributed by atoms with van der Waals surface area (Å²) < 4.78 is 0. The lowest BCUT2D eigenvalue weighted by molar-refractivity contribution is 0.568. The van der Waals surface area contributed by atoms with Crippen LogP contribution in [0.25, 0.3) is 79.8 Å². The van der Waals surface area contributed by atoms with Gasteiger partial charge >= 0.3 is 0 Å². The van der Waals surface area contributed by atoms with Crippen molar-refractivity contribution < 1.29 is 0 Å². The molecule has 404 valence electrons. The molecule has 2 aliphatic rings. The molecule has 0 atom stereocenters. The van der Waals surface area contributed by atoms with Gasteiger partial charge in [-0.05, 0) is 150 Å². The fourth-order valence-corrected chi connectivity index (χ4v) is 13.3. The molecule has 3 aromatic heterocycles. The number of rotatable bonds is 6. The average Bonchev–Trinajstić information content (AvgIpc) is 4.40. The minimum atomic E-state index is -1.13. The van der Waals surface area contributed by atoms with Crippen LogP contribution in [0.2, 0.25) is 0 Å². The Bertz CT molecular complexity index is 3660. The first kappa shape index (κ1) is 55.4. The first-order valence-electron chi connectivity index (χ1n) is 28.5. The molecule has 0 fully saturated rings. The van der Waals surface area contributed by atoms with Crippen LogP contribution >= 0.6 is 7.92 Å². The molecule has 79 heavy (non-hydrogen) atoms.